The molecule has 3 heteroatoms. The molecule has 1 aromatic rings. The van der Waals surface area contributed by atoms with E-state index in [1.807, 2.05) is 38.1 Å². The zero-order chi connectivity index (χ0) is 11.3. The lowest BCUT2D eigenvalue weighted by atomic mass is 10.0. The lowest BCUT2D eigenvalue weighted by Crippen LogP contribution is -2.18. The highest BCUT2D eigenvalue weighted by atomic mass is 16.5. The van der Waals surface area contributed by atoms with Crippen molar-refractivity contribution < 1.29 is 9.84 Å². The lowest BCUT2D eigenvalue weighted by Gasteiger charge is -2.13. The summed E-state index contributed by atoms with van der Waals surface area (Å²) in [6.07, 6.45) is 0.0919. The Labute approximate surface area is 90.9 Å². The van der Waals surface area contributed by atoms with E-state index in [1.165, 1.54) is 0 Å². The molecule has 0 fully saturated rings. The standard InChI is InChI=1S/C12H19NO2/c1-3-15-11-6-4-10(5-7-11)12(14)8-9(2)13/h4-7,9,12,14H,3,8,13H2,1-2H3. The van der Waals surface area contributed by atoms with Gasteiger partial charge in [-0.3, -0.25) is 0 Å². The predicted octanol–water partition coefficient (Wildman–Crippen LogP) is 1.86. The molecule has 3 nitrogen and oxygen atoms in total. The zero-order valence-corrected chi connectivity index (χ0v) is 9.31. The summed E-state index contributed by atoms with van der Waals surface area (Å²) in [6, 6.07) is 7.48. The molecule has 1 rings (SSSR count). The number of nitrogens with two attached hydrogens (primary N) is 1. The Bertz CT molecular complexity index is 282. The van der Waals surface area contributed by atoms with Crippen molar-refractivity contribution in [2.24, 2.45) is 5.73 Å². The van der Waals surface area contributed by atoms with Crippen LogP contribution in [-0.2, 0) is 0 Å². The van der Waals surface area contributed by atoms with E-state index in [9.17, 15) is 5.11 Å². The van der Waals surface area contributed by atoms with Crippen LogP contribution in [0, 0.1) is 0 Å². The second-order valence-electron chi connectivity index (χ2n) is 3.73. The highest BCUT2D eigenvalue weighted by Crippen LogP contribution is 2.20. The fourth-order valence-electron chi connectivity index (χ4n) is 1.44. The second-order valence-corrected chi connectivity index (χ2v) is 3.73. The molecular formula is C12H19NO2. The van der Waals surface area contributed by atoms with Gasteiger partial charge in [0.2, 0.25) is 0 Å². The van der Waals surface area contributed by atoms with E-state index in [1.54, 1.807) is 0 Å². The first-order valence-electron chi connectivity index (χ1n) is 5.30. The Kier molecular flexibility index (Phi) is 4.59. The summed E-state index contributed by atoms with van der Waals surface area (Å²) >= 11 is 0. The maximum atomic E-state index is 9.79. The summed E-state index contributed by atoms with van der Waals surface area (Å²) in [6.45, 7) is 4.48. The zero-order valence-electron chi connectivity index (χ0n) is 9.31. The van der Waals surface area contributed by atoms with Gasteiger partial charge in [-0.2, -0.15) is 0 Å². The maximum absolute atomic E-state index is 9.79. The Balaban J connectivity index is 2.62. The number of rotatable bonds is 5. The normalized spacial score (nSPS) is 14.7. The number of benzene rings is 1. The minimum atomic E-state index is -0.485. The molecule has 2 atom stereocenters. The summed E-state index contributed by atoms with van der Waals surface area (Å²) in [4.78, 5) is 0. The van der Waals surface area contributed by atoms with Gasteiger partial charge in [0.05, 0.1) is 12.7 Å². The third-order valence-corrected chi connectivity index (χ3v) is 2.17. The van der Waals surface area contributed by atoms with Gasteiger partial charge in [0, 0.05) is 6.04 Å². The molecule has 0 heterocycles. The van der Waals surface area contributed by atoms with E-state index in [4.69, 9.17) is 10.5 Å². The molecule has 15 heavy (non-hydrogen) atoms. The minimum Gasteiger partial charge on any atom is -0.494 e. The molecule has 0 saturated carbocycles. The second kappa shape index (κ2) is 5.73. The van der Waals surface area contributed by atoms with Crippen molar-refractivity contribution >= 4 is 0 Å². The Morgan fingerprint density at radius 2 is 1.93 bits per heavy atom. The molecule has 0 radical (unpaired) electrons. The minimum absolute atomic E-state index is 0.00608. The molecule has 0 saturated heterocycles. The summed E-state index contributed by atoms with van der Waals surface area (Å²) in [7, 11) is 0. The molecule has 0 amide bonds. The first-order chi connectivity index (χ1) is 7.13. The highest BCUT2D eigenvalue weighted by molar-refractivity contribution is 5.28. The van der Waals surface area contributed by atoms with Crippen LogP contribution >= 0.6 is 0 Å². The third-order valence-electron chi connectivity index (χ3n) is 2.17. The average Bonchev–Trinajstić information content (AvgIpc) is 2.18. The van der Waals surface area contributed by atoms with Crippen molar-refractivity contribution in [1.29, 1.82) is 0 Å². The summed E-state index contributed by atoms with van der Waals surface area (Å²) in [5.74, 6) is 0.828. The van der Waals surface area contributed by atoms with E-state index in [-0.39, 0.29) is 6.04 Å². The van der Waals surface area contributed by atoms with Crippen LogP contribution in [0.25, 0.3) is 0 Å². The number of aliphatic hydroxyl groups excluding tert-OH is 1. The Morgan fingerprint density at radius 3 is 2.40 bits per heavy atom. The summed E-state index contributed by atoms with van der Waals surface area (Å²) in [5, 5.41) is 9.79. The van der Waals surface area contributed by atoms with Gasteiger partial charge in [0.15, 0.2) is 0 Å². The average molecular weight is 209 g/mol. The van der Waals surface area contributed by atoms with Crippen LogP contribution in [0.4, 0.5) is 0 Å². The van der Waals surface area contributed by atoms with E-state index < -0.39 is 6.10 Å². The van der Waals surface area contributed by atoms with Crippen LogP contribution in [0.2, 0.25) is 0 Å². The van der Waals surface area contributed by atoms with Crippen LogP contribution in [0.5, 0.6) is 5.75 Å². The van der Waals surface area contributed by atoms with E-state index >= 15 is 0 Å². The topological polar surface area (TPSA) is 55.5 Å². The quantitative estimate of drug-likeness (QED) is 0.778. The van der Waals surface area contributed by atoms with Gasteiger partial charge in [0.1, 0.15) is 5.75 Å². The summed E-state index contributed by atoms with van der Waals surface area (Å²) in [5.41, 5.74) is 6.51. The molecule has 2 unspecified atom stereocenters. The van der Waals surface area contributed by atoms with E-state index in [2.05, 4.69) is 0 Å². The number of hydrogen-bond acceptors (Lipinski definition) is 3. The van der Waals surface area contributed by atoms with Crippen molar-refractivity contribution in [3.63, 3.8) is 0 Å². The molecule has 84 valence electrons. The summed E-state index contributed by atoms with van der Waals surface area (Å²) < 4.78 is 5.32. The van der Waals surface area contributed by atoms with Crippen molar-refractivity contribution in [2.45, 2.75) is 32.4 Å². The highest BCUT2D eigenvalue weighted by Gasteiger charge is 2.09. The molecular weight excluding hydrogens is 190 g/mol. The maximum Gasteiger partial charge on any atom is 0.119 e. The van der Waals surface area contributed by atoms with Crippen LogP contribution in [0.1, 0.15) is 31.9 Å². The van der Waals surface area contributed by atoms with Crippen molar-refractivity contribution in [2.75, 3.05) is 6.61 Å². The van der Waals surface area contributed by atoms with Crippen molar-refractivity contribution in [1.82, 2.24) is 0 Å². The fraction of sp³-hybridized carbons (Fsp3) is 0.500. The van der Waals surface area contributed by atoms with Gasteiger partial charge in [-0.1, -0.05) is 12.1 Å². The van der Waals surface area contributed by atoms with Crippen LogP contribution in [0.3, 0.4) is 0 Å². The SMILES string of the molecule is CCOc1ccc(C(O)CC(C)N)cc1. The van der Waals surface area contributed by atoms with Crippen molar-refractivity contribution in [3.8, 4) is 5.75 Å². The lowest BCUT2D eigenvalue weighted by molar-refractivity contribution is 0.160. The number of ether oxygens (including phenoxy) is 1. The Hall–Kier alpha value is -1.06. The van der Waals surface area contributed by atoms with Gasteiger partial charge >= 0.3 is 0 Å². The molecule has 0 spiro atoms. The van der Waals surface area contributed by atoms with Crippen LogP contribution in [-0.4, -0.2) is 17.8 Å². The van der Waals surface area contributed by atoms with Gasteiger partial charge in [-0.15, -0.1) is 0 Å². The monoisotopic (exact) mass is 209 g/mol. The number of hydrogen-bond donors (Lipinski definition) is 2. The molecule has 0 aliphatic heterocycles. The molecule has 0 aromatic heterocycles. The molecule has 0 aliphatic rings. The van der Waals surface area contributed by atoms with E-state index in [0.29, 0.717) is 13.0 Å². The smallest absolute Gasteiger partial charge is 0.119 e. The van der Waals surface area contributed by atoms with Gasteiger partial charge in [0.25, 0.3) is 0 Å². The van der Waals surface area contributed by atoms with Gasteiger partial charge < -0.3 is 15.6 Å². The molecule has 0 bridgehead atoms. The Morgan fingerprint density at radius 1 is 1.33 bits per heavy atom. The van der Waals surface area contributed by atoms with Gasteiger partial charge in [-0.05, 0) is 38.0 Å². The largest absolute Gasteiger partial charge is 0.494 e. The molecule has 3 N–H and O–H groups in total. The molecule has 1 aromatic carbocycles. The number of aliphatic hydroxyl groups is 1. The fourth-order valence-corrected chi connectivity index (χ4v) is 1.44. The first-order valence-corrected chi connectivity index (χ1v) is 5.30. The van der Waals surface area contributed by atoms with Crippen LogP contribution < -0.4 is 10.5 Å². The first kappa shape index (κ1) is 12.0. The van der Waals surface area contributed by atoms with Crippen LogP contribution in [0.15, 0.2) is 24.3 Å². The van der Waals surface area contributed by atoms with Gasteiger partial charge in [-0.25, -0.2) is 0 Å². The van der Waals surface area contributed by atoms with Crippen molar-refractivity contribution in [3.05, 3.63) is 29.8 Å². The van der Waals surface area contributed by atoms with E-state index in [0.717, 1.165) is 11.3 Å². The predicted molar refractivity (Wildman–Crippen MR) is 60.8 cm³/mol. The third kappa shape index (κ3) is 3.90. The molecule has 0 aliphatic carbocycles.